The van der Waals surface area contributed by atoms with Crippen molar-refractivity contribution in [1.82, 2.24) is 9.58 Å². The van der Waals surface area contributed by atoms with Crippen LogP contribution in [0.15, 0.2) is 64.4 Å². The lowest BCUT2D eigenvalue weighted by Gasteiger charge is -2.44. The van der Waals surface area contributed by atoms with Gasteiger partial charge in [0.1, 0.15) is 18.5 Å². The predicted octanol–water partition coefficient (Wildman–Crippen LogP) is 4.50. The van der Waals surface area contributed by atoms with E-state index in [1.54, 1.807) is 27.5 Å². The van der Waals surface area contributed by atoms with Crippen molar-refractivity contribution in [3.8, 4) is 11.5 Å². The van der Waals surface area contributed by atoms with Gasteiger partial charge in [0.25, 0.3) is 5.91 Å². The molecule has 0 bridgehead atoms. The van der Waals surface area contributed by atoms with Crippen molar-refractivity contribution in [3.05, 3.63) is 87.3 Å². The summed E-state index contributed by atoms with van der Waals surface area (Å²) in [6, 6.07) is 15.5. The van der Waals surface area contributed by atoms with E-state index < -0.39 is 11.2 Å². The second-order valence-electron chi connectivity index (χ2n) is 8.72. The zero-order chi connectivity index (χ0) is 24.5. The highest BCUT2D eigenvalue weighted by Crippen LogP contribution is 2.46. The van der Waals surface area contributed by atoms with E-state index in [1.165, 1.54) is 6.07 Å². The molecule has 0 saturated heterocycles. The lowest BCUT2D eigenvalue weighted by molar-refractivity contribution is 0.0689. The molecule has 35 heavy (non-hydrogen) atoms. The summed E-state index contributed by atoms with van der Waals surface area (Å²) in [5.74, 6) is 0.734. The van der Waals surface area contributed by atoms with Gasteiger partial charge in [-0.1, -0.05) is 43.7 Å². The summed E-state index contributed by atoms with van der Waals surface area (Å²) in [7, 11) is 0. The Morgan fingerprint density at radius 2 is 1.91 bits per heavy atom. The Morgan fingerprint density at radius 1 is 1.09 bits per heavy atom. The van der Waals surface area contributed by atoms with Crippen LogP contribution in [0.3, 0.4) is 0 Å². The molecule has 1 atom stereocenters. The zero-order valence-corrected chi connectivity index (χ0v) is 20.8. The molecule has 3 aromatic rings. The van der Waals surface area contributed by atoms with Crippen LogP contribution >= 0.6 is 11.8 Å². The summed E-state index contributed by atoms with van der Waals surface area (Å²) >= 11 is 1.78. The number of aromatic nitrogens is 1. The van der Waals surface area contributed by atoms with Crippen molar-refractivity contribution in [3.63, 3.8) is 0 Å². The van der Waals surface area contributed by atoms with Crippen LogP contribution in [0.4, 0.5) is 0 Å². The molecule has 0 spiro atoms. The van der Waals surface area contributed by atoms with E-state index in [2.05, 4.69) is 30.1 Å². The second-order valence-corrected chi connectivity index (χ2v) is 9.74. The number of hydrogen-bond donors (Lipinski definition) is 1. The SMILES string of the molecule is CCCCOc1cccc2c1[C@@H](N1CN(CC)C(=O)c3c(O)c(=O)ccn31)c1ccccc1SC2. The average Bonchev–Trinajstić information content (AvgIpc) is 3.04. The number of fused-ring (bicyclic) bond motifs is 3. The normalized spacial score (nSPS) is 16.9. The number of nitrogens with zero attached hydrogens (tertiary/aromatic N) is 3. The minimum Gasteiger partial charge on any atom is -0.502 e. The van der Waals surface area contributed by atoms with E-state index in [-0.39, 0.29) is 17.6 Å². The standard InChI is InChI=1S/C27H29N3O4S/c1-3-5-15-34-21-11-8-9-18-16-35-22-12-7-6-10-19(22)24(23(18)21)30-17-28(4-2)27(33)25-26(32)20(31)13-14-29(25)30/h6-14,24,32H,3-5,15-17H2,1-2H3/t24-/m0/s1. The number of benzene rings is 2. The van der Waals surface area contributed by atoms with Crippen LogP contribution in [0, 0.1) is 0 Å². The number of rotatable bonds is 6. The number of carbonyl (C=O) groups excluding carboxylic acids is 1. The fourth-order valence-electron chi connectivity index (χ4n) is 4.77. The van der Waals surface area contributed by atoms with Crippen molar-refractivity contribution >= 4 is 17.7 Å². The molecule has 0 aliphatic carbocycles. The first-order chi connectivity index (χ1) is 17.0. The molecule has 182 valence electrons. The molecule has 1 amide bonds. The second kappa shape index (κ2) is 9.70. The summed E-state index contributed by atoms with van der Waals surface area (Å²) in [5.41, 5.74) is 2.74. The summed E-state index contributed by atoms with van der Waals surface area (Å²) in [6.45, 7) is 5.41. The minimum atomic E-state index is -0.566. The van der Waals surface area contributed by atoms with Crippen molar-refractivity contribution in [2.75, 3.05) is 24.8 Å². The third-order valence-corrected chi connectivity index (χ3v) is 7.74. The fraction of sp³-hybridized carbons (Fsp3) is 0.333. The van der Waals surface area contributed by atoms with Crippen LogP contribution in [0.25, 0.3) is 0 Å². The Kier molecular flexibility index (Phi) is 6.47. The smallest absolute Gasteiger partial charge is 0.277 e. The van der Waals surface area contributed by atoms with Crippen molar-refractivity contribution in [2.24, 2.45) is 0 Å². The van der Waals surface area contributed by atoms with Gasteiger partial charge in [-0.05, 0) is 36.6 Å². The highest BCUT2D eigenvalue weighted by Gasteiger charge is 2.39. The Bertz CT molecular complexity index is 1320. The fourth-order valence-corrected chi connectivity index (χ4v) is 5.86. The van der Waals surface area contributed by atoms with E-state index in [0.717, 1.165) is 45.9 Å². The van der Waals surface area contributed by atoms with Gasteiger partial charge in [0.2, 0.25) is 5.43 Å². The molecule has 3 heterocycles. The topological polar surface area (TPSA) is 75.0 Å². The Balaban J connectivity index is 1.76. The van der Waals surface area contributed by atoms with Crippen LogP contribution in [0.2, 0.25) is 0 Å². The van der Waals surface area contributed by atoms with Gasteiger partial charge in [0.15, 0.2) is 11.4 Å². The first-order valence-corrected chi connectivity index (χ1v) is 13.0. The van der Waals surface area contributed by atoms with Crippen LogP contribution in [-0.4, -0.2) is 40.4 Å². The summed E-state index contributed by atoms with van der Waals surface area (Å²) in [4.78, 5) is 28.3. The molecule has 0 unspecified atom stereocenters. The molecular formula is C27H29N3O4S. The molecule has 2 aliphatic rings. The lowest BCUT2D eigenvalue weighted by Crippen LogP contribution is -2.55. The van der Waals surface area contributed by atoms with Crippen LogP contribution in [0.1, 0.15) is 59.9 Å². The van der Waals surface area contributed by atoms with Gasteiger partial charge < -0.3 is 14.7 Å². The van der Waals surface area contributed by atoms with Crippen molar-refractivity contribution < 1.29 is 14.6 Å². The van der Waals surface area contributed by atoms with Gasteiger partial charge in [-0.2, -0.15) is 0 Å². The average molecular weight is 492 g/mol. The van der Waals surface area contributed by atoms with Gasteiger partial charge in [0, 0.05) is 35.0 Å². The molecule has 8 heteroatoms. The number of thioether (sulfide) groups is 1. The molecule has 1 aromatic heterocycles. The molecule has 1 N–H and O–H groups in total. The summed E-state index contributed by atoms with van der Waals surface area (Å²) in [5, 5.41) is 12.7. The molecule has 0 radical (unpaired) electrons. The third-order valence-electron chi connectivity index (χ3n) is 6.60. The summed E-state index contributed by atoms with van der Waals surface area (Å²) < 4.78 is 7.96. The molecule has 0 fully saturated rings. The zero-order valence-electron chi connectivity index (χ0n) is 19.9. The molecule has 2 aromatic carbocycles. The van der Waals surface area contributed by atoms with Crippen LogP contribution in [0.5, 0.6) is 11.5 Å². The first kappa shape index (κ1) is 23.4. The van der Waals surface area contributed by atoms with E-state index in [0.29, 0.717) is 19.8 Å². The lowest BCUT2D eigenvalue weighted by atomic mass is 9.93. The Morgan fingerprint density at radius 3 is 2.71 bits per heavy atom. The molecule has 5 rings (SSSR count). The number of pyridine rings is 1. The molecule has 0 saturated carbocycles. The van der Waals surface area contributed by atoms with E-state index in [9.17, 15) is 14.7 Å². The third kappa shape index (κ3) is 4.05. The van der Waals surface area contributed by atoms with Crippen molar-refractivity contribution in [1.29, 1.82) is 0 Å². The number of unbranched alkanes of at least 4 members (excludes halogenated alkanes) is 1. The summed E-state index contributed by atoms with van der Waals surface area (Å²) in [6.07, 6.45) is 3.58. The van der Waals surface area contributed by atoms with Gasteiger partial charge >= 0.3 is 0 Å². The quantitative estimate of drug-likeness (QED) is 0.512. The monoisotopic (exact) mass is 491 g/mol. The van der Waals surface area contributed by atoms with Crippen LogP contribution in [-0.2, 0) is 5.75 Å². The maximum absolute atomic E-state index is 13.2. The Labute approximate surface area is 208 Å². The maximum Gasteiger partial charge on any atom is 0.277 e. The molecule has 7 nitrogen and oxygen atoms in total. The van der Waals surface area contributed by atoms with Gasteiger partial charge in [0.05, 0.1) is 6.61 Å². The highest BCUT2D eigenvalue weighted by molar-refractivity contribution is 7.98. The van der Waals surface area contributed by atoms with Crippen molar-refractivity contribution in [2.45, 2.75) is 43.4 Å². The number of ether oxygens (including phenoxy) is 1. The number of carbonyl (C=O) groups is 1. The Hall–Kier alpha value is -3.39. The van der Waals surface area contributed by atoms with Gasteiger partial charge in [-0.25, -0.2) is 0 Å². The largest absolute Gasteiger partial charge is 0.502 e. The molecule has 2 aliphatic heterocycles. The van der Waals surface area contributed by atoms with E-state index in [1.807, 2.05) is 31.2 Å². The highest BCUT2D eigenvalue weighted by atomic mass is 32.2. The first-order valence-electron chi connectivity index (χ1n) is 12.0. The minimum absolute atomic E-state index is 0.00841. The van der Waals surface area contributed by atoms with Crippen LogP contribution < -0.4 is 15.2 Å². The maximum atomic E-state index is 13.2. The number of aromatic hydroxyl groups is 1. The number of amides is 1. The number of hydrogen-bond acceptors (Lipinski definition) is 6. The predicted molar refractivity (Wildman–Crippen MR) is 137 cm³/mol. The molecular weight excluding hydrogens is 462 g/mol. The van der Waals surface area contributed by atoms with E-state index in [4.69, 9.17) is 4.74 Å². The van der Waals surface area contributed by atoms with E-state index >= 15 is 0 Å². The van der Waals surface area contributed by atoms with Gasteiger partial charge in [-0.15, -0.1) is 11.8 Å². The van der Waals surface area contributed by atoms with Gasteiger partial charge in [-0.3, -0.25) is 19.3 Å².